The summed E-state index contributed by atoms with van der Waals surface area (Å²) < 4.78 is 5.40. The van der Waals surface area contributed by atoms with E-state index in [4.69, 9.17) is 4.74 Å². The molecule has 0 aromatic carbocycles. The molecule has 1 atom stereocenters. The van der Waals surface area contributed by atoms with Gasteiger partial charge in [-0.1, -0.05) is 20.8 Å². The van der Waals surface area contributed by atoms with E-state index in [-0.39, 0.29) is 0 Å². The number of ether oxygens (including phenoxy) is 1. The molecule has 90 valence electrons. The van der Waals surface area contributed by atoms with E-state index in [1.165, 1.54) is 6.42 Å². The molecule has 0 aliphatic carbocycles. The maximum atomic E-state index is 5.40. The Hall–Kier alpha value is -0.120. The summed E-state index contributed by atoms with van der Waals surface area (Å²) in [6, 6.07) is 0.689. The minimum Gasteiger partial charge on any atom is -0.379 e. The van der Waals surface area contributed by atoms with Gasteiger partial charge in [-0.3, -0.25) is 4.90 Å². The van der Waals surface area contributed by atoms with Crippen LogP contribution in [0, 0.1) is 5.92 Å². The van der Waals surface area contributed by atoms with Crippen molar-refractivity contribution in [1.82, 2.24) is 10.2 Å². The van der Waals surface area contributed by atoms with E-state index in [1.807, 2.05) is 0 Å². The van der Waals surface area contributed by atoms with Gasteiger partial charge >= 0.3 is 0 Å². The minimum absolute atomic E-state index is 0.689. The molecule has 0 radical (unpaired) electrons. The number of nitrogens with zero attached hydrogens (tertiary/aromatic N) is 1. The van der Waals surface area contributed by atoms with Crippen molar-refractivity contribution in [1.29, 1.82) is 0 Å². The predicted octanol–water partition coefficient (Wildman–Crippen LogP) is 1.34. The molecule has 0 bridgehead atoms. The lowest BCUT2D eigenvalue weighted by Gasteiger charge is -2.35. The van der Waals surface area contributed by atoms with Crippen molar-refractivity contribution in [3.8, 4) is 0 Å². The average Bonchev–Trinajstić information content (AvgIpc) is 2.25. The number of hydrogen-bond donors (Lipinski definition) is 1. The van der Waals surface area contributed by atoms with E-state index >= 15 is 0 Å². The standard InChI is InChI=1S/C12H26N2O/c1-4-13-10-12(9-11(2)3)14-5-7-15-8-6-14/h11-13H,4-10H2,1-3H3. The van der Waals surface area contributed by atoms with Crippen LogP contribution in [0.15, 0.2) is 0 Å². The van der Waals surface area contributed by atoms with Gasteiger partial charge in [-0.2, -0.15) is 0 Å². The minimum atomic E-state index is 0.689. The predicted molar refractivity (Wildman–Crippen MR) is 64.2 cm³/mol. The van der Waals surface area contributed by atoms with Crippen LogP contribution in [0.2, 0.25) is 0 Å². The zero-order valence-corrected chi connectivity index (χ0v) is 10.5. The molecule has 0 amide bonds. The molecule has 1 aliphatic heterocycles. The number of hydrogen-bond acceptors (Lipinski definition) is 3. The summed E-state index contributed by atoms with van der Waals surface area (Å²) >= 11 is 0. The van der Waals surface area contributed by atoms with Crippen molar-refractivity contribution in [3.05, 3.63) is 0 Å². The first-order valence-electron chi connectivity index (χ1n) is 6.26. The molecule has 0 aromatic rings. The molecule has 1 aliphatic rings. The normalized spacial score (nSPS) is 20.8. The topological polar surface area (TPSA) is 24.5 Å². The summed E-state index contributed by atoms with van der Waals surface area (Å²) in [5.74, 6) is 0.775. The van der Waals surface area contributed by atoms with Gasteiger partial charge in [-0.05, 0) is 18.9 Å². The molecule has 1 N–H and O–H groups in total. The highest BCUT2D eigenvalue weighted by Crippen LogP contribution is 2.12. The molecule has 0 saturated carbocycles. The van der Waals surface area contributed by atoms with Crippen molar-refractivity contribution in [2.45, 2.75) is 33.2 Å². The Morgan fingerprint density at radius 3 is 2.47 bits per heavy atom. The highest BCUT2D eigenvalue weighted by molar-refractivity contribution is 4.77. The number of likely N-dealkylation sites (N-methyl/N-ethyl adjacent to an activating group) is 1. The van der Waals surface area contributed by atoms with Gasteiger partial charge in [0.05, 0.1) is 13.2 Å². The SMILES string of the molecule is CCNCC(CC(C)C)N1CCOCC1. The Bertz CT molecular complexity index is 156. The second-order valence-electron chi connectivity index (χ2n) is 4.74. The van der Waals surface area contributed by atoms with Gasteiger partial charge in [0.25, 0.3) is 0 Å². The van der Waals surface area contributed by atoms with Crippen molar-refractivity contribution >= 4 is 0 Å². The van der Waals surface area contributed by atoms with E-state index in [9.17, 15) is 0 Å². The fourth-order valence-corrected chi connectivity index (χ4v) is 2.16. The molecular formula is C12H26N2O. The third-order valence-electron chi connectivity index (χ3n) is 2.94. The first kappa shape index (κ1) is 12.9. The second kappa shape index (κ2) is 7.20. The molecule has 3 nitrogen and oxygen atoms in total. The van der Waals surface area contributed by atoms with Gasteiger partial charge in [0.1, 0.15) is 0 Å². The third kappa shape index (κ3) is 4.96. The first-order valence-corrected chi connectivity index (χ1v) is 6.26. The molecule has 0 aromatic heterocycles. The van der Waals surface area contributed by atoms with Crippen LogP contribution in [-0.2, 0) is 4.74 Å². The summed E-state index contributed by atoms with van der Waals surface area (Å²) in [5.41, 5.74) is 0. The van der Waals surface area contributed by atoms with E-state index in [2.05, 4.69) is 31.0 Å². The fourth-order valence-electron chi connectivity index (χ4n) is 2.16. The zero-order valence-electron chi connectivity index (χ0n) is 10.5. The first-order chi connectivity index (χ1) is 7.24. The van der Waals surface area contributed by atoms with Gasteiger partial charge in [-0.15, -0.1) is 0 Å². The van der Waals surface area contributed by atoms with Crippen molar-refractivity contribution in [2.75, 3.05) is 39.4 Å². The summed E-state index contributed by atoms with van der Waals surface area (Å²) in [6.45, 7) is 13.0. The summed E-state index contributed by atoms with van der Waals surface area (Å²) in [5, 5.41) is 3.47. The van der Waals surface area contributed by atoms with Gasteiger partial charge in [0.2, 0.25) is 0 Å². The molecule has 1 rings (SSSR count). The van der Waals surface area contributed by atoms with Crippen LogP contribution in [0.3, 0.4) is 0 Å². The number of nitrogens with one attached hydrogen (secondary N) is 1. The van der Waals surface area contributed by atoms with Crippen LogP contribution in [0.4, 0.5) is 0 Å². The Labute approximate surface area is 94.2 Å². The summed E-state index contributed by atoms with van der Waals surface area (Å²) in [4.78, 5) is 2.58. The Morgan fingerprint density at radius 1 is 1.27 bits per heavy atom. The Morgan fingerprint density at radius 2 is 1.93 bits per heavy atom. The lowest BCUT2D eigenvalue weighted by molar-refractivity contribution is 0.0125. The molecule has 1 unspecified atom stereocenters. The smallest absolute Gasteiger partial charge is 0.0594 e. The molecule has 0 spiro atoms. The molecule has 15 heavy (non-hydrogen) atoms. The average molecular weight is 214 g/mol. The number of morpholine rings is 1. The molecule has 1 saturated heterocycles. The van der Waals surface area contributed by atoms with Crippen LogP contribution in [0.25, 0.3) is 0 Å². The molecule has 1 heterocycles. The van der Waals surface area contributed by atoms with Crippen LogP contribution in [-0.4, -0.2) is 50.3 Å². The highest BCUT2D eigenvalue weighted by atomic mass is 16.5. The molecule has 3 heteroatoms. The van der Waals surface area contributed by atoms with E-state index in [1.54, 1.807) is 0 Å². The summed E-state index contributed by atoms with van der Waals surface area (Å²) in [7, 11) is 0. The van der Waals surface area contributed by atoms with Crippen LogP contribution in [0.1, 0.15) is 27.2 Å². The van der Waals surface area contributed by atoms with Crippen molar-refractivity contribution in [2.24, 2.45) is 5.92 Å². The highest BCUT2D eigenvalue weighted by Gasteiger charge is 2.21. The number of rotatable bonds is 6. The quantitative estimate of drug-likeness (QED) is 0.722. The third-order valence-corrected chi connectivity index (χ3v) is 2.94. The molecule has 1 fully saturated rings. The summed E-state index contributed by atoms with van der Waals surface area (Å²) in [6.07, 6.45) is 1.28. The fraction of sp³-hybridized carbons (Fsp3) is 1.00. The van der Waals surface area contributed by atoms with E-state index in [0.717, 1.165) is 45.3 Å². The lowest BCUT2D eigenvalue weighted by atomic mass is 10.0. The second-order valence-corrected chi connectivity index (χ2v) is 4.74. The van der Waals surface area contributed by atoms with Gasteiger partial charge in [0, 0.05) is 25.7 Å². The van der Waals surface area contributed by atoms with Gasteiger partial charge < -0.3 is 10.1 Å². The van der Waals surface area contributed by atoms with E-state index in [0.29, 0.717) is 6.04 Å². The van der Waals surface area contributed by atoms with Crippen LogP contribution < -0.4 is 5.32 Å². The maximum Gasteiger partial charge on any atom is 0.0594 e. The van der Waals surface area contributed by atoms with Gasteiger partial charge in [0.15, 0.2) is 0 Å². The Kier molecular flexibility index (Phi) is 6.22. The lowest BCUT2D eigenvalue weighted by Crippen LogP contribution is -2.48. The monoisotopic (exact) mass is 214 g/mol. The van der Waals surface area contributed by atoms with Crippen LogP contribution in [0.5, 0.6) is 0 Å². The van der Waals surface area contributed by atoms with Crippen molar-refractivity contribution < 1.29 is 4.74 Å². The molecular weight excluding hydrogens is 188 g/mol. The van der Waals surface area contributed by atoms with Gasteiger partial charge in [-0.25, -0.2) is 0 Å². The zero-order chi connectivity index (χ0) is 11.1. The Balaban J connectivity index is 2.37. The maximum absolute atomic E-state index is 5.40. The largest absolute Gasteiger partial charge is 0.379 e. The van der Waals surface area contributed by atoms with Crippen molar-refractivity contribution in [3.63, 3.8) is 0 Å². The van der Waals surface area contributed by atoms with Crippen LogP contribution >= 0.6 is 0 Å². The van der Waals surface area contributed by atoms with E-state index < -0.39 is 0 Å².